The predicted octanol–water partition coefficient (Wildman–Crippen LogP) is 4.26. The van der Waals surface area contributed by atoms with Gasteiger partial charge in [0.2, 0.25) is 5.91 Å². The molecule has 1 fully saturated rings. The monoisotopic (exact) mass is 359 g/mol. The molecule has 5 heteroatoms. The van der Waals surface area contributed by atoms with Crippen LogP contribution in [0.3, 0.4) is 0 Å². The lowest BCUT2D eigenvalue weighted by Gasteiger charge is -2.27. The molecule has 1 aliphatic heterocycles. The van der Waals surface area contributed by atoms with Gasteiger partial charge in [-0.15, -0.1) is 0 Å². The fraction of sp³-hybridized carbons (Fsp3) is 0.350. The topological polar surface area (TPSA) is 38.8 Å². The molecule has 132 valence electrons. The van der Waals surface area contributed by atoms with Gasteiger partial charge in [-0.05, 0) is 42.7 Å². The van der Waals surface area contributed by atoms with Gasteiger partial charge in [0.1, 0.15) is 11.5 Å². The summed E-state index contributed by atoms with van der Waals surface area (Å²) in [5.41, 5.74) is 1.85. The molecule has 2 aromatic rings. The van der Waals surface area contributed by atoms with Crippen LogP contribution in [-0.2, 0) is 11.2 Å². The molecule has 3 rings (SSSR count). The number of carbonyl (C=O) groups excluding carboxylic acids is 1. The number of benzene rings is 2. The average molecular weight is 360 g/mol. The van der Waals surface area contributed by atoms with Gasteiger partial charge < -0.3 is 14.4 Å². The first-order chi connectivity index (χ1) is 12.1. The number of rotatable bonds is 5. The Morgan fingerprint density at radius 2 is 2.00 bits per heavy atom. The van der Waals surface area contributed by atoms with Crippen molar-refractivity contribution < 1.29 is 14.3 Å². The van der Waals surface area contributed by atoms with Crippen LogP contribution in [0.15, 0.2) is 42.5 Å². The van der Waals surface area contributed by atoms with Gasteiger partial charge in [-0.3, -0.25) is 4.79 Å². The second-order valence-electron chi connectivity index (χ2n) is 6.12. The Morgan fingerprint density at radius 3 is 2.72 bits per heavy atom. The maximum atomic E-state index is 12.9. The van der Waals surface area contributed by atoms with Crippen LogP contribution in [0.2, 0.25) is 5.02 Å². The van der Waals surface area contributed by atoms with E-state index in [4.69, 9.17) is 21.1 Å². The molecule has 0 aliphatic carbocycles. The van der Waals surface area contributed by atoms with Crippen molar-refractivity contribution in [2.45, 2.75) is 25.3 Å². The lowest BCUT2D eigenvalue weighted by Crippen LogP contribution is -2.32. The van der Waals surface area contributed by atoms with Gasteiger partial charge in [-0.1, -0.05) is 29.8 Å². The van der Waals surface area contributed by atoms with Crippen LogP contribution in [-0.4, -0.2) is 31.6 Å². The number of amides is 1. The second kappa shape index (κ2) is 7.79. The van der Waals surface area contributed by atoms with E-state index in [1.807, 2.05) is 47.4 Å². The Kier molecular flexibility index (Phi) is 5.49. The van der Waals surface area contributed by atoms with Crippen molar-refractivity contribution in [1.29, 1.82) is 0 Å². The number of carbonyl (C=O) groups is 1. The Bertz CT molecular complexity index is 762. The van der Waals surface area contributed by atoms with E-state index in [1.165, 1.54) is 0 Å². The summed E-state index contributed by atoms with van der Waals surface area (Å²) in [5.74, 6) is 1.63. The first kappa shape index (κ1) is 17.6. The minimum atomic E-state index is 0.0000350. The van der Waals surface area contributed by atoms with Gasteiger partial charge >= 0.3 is 0 Å². The number of nitrogens with zero attached hydrogens (tertiary/aromatic N) is 1. The molecule has 1 saturated heterocycles. The normalized spacial score (nSPS) is 16.8. The highest BCUT2D eigenvalue weighted by atomic mass is 35.5. The van der Waals surface area contributed by atoms with Crippen molar-refractivity contribution in [1.82, 2.24) is 4.90 Å². The molecule has 1 unspecified atom stereocenters. The summed E-state index contributed by atoms with van der Waals surface area (Å²) in [4.78, 5) is 14.8. The molecular formula is C20H22ClNO3. The van der Waals surface area contributed by atoms with E-state index >= 15 is 0 Å². The van der Waals surface area contributed by atoms with E-state index in [-0.39, 0.29) is 11.9 Å². The van der Waals surface area contributed by atoms with Crippen LogP contribution in [0.1, 0.15) is 30.0 Å². The van der Waals surface area contributed by atoms with Crippen LogP contribution in [0.4, 0.5) is 0 Å². The fourth-order valence-corrected chi connectivity index (χ4v) is 3.60. The molecule has 0 N–H and O–H groups in total. The van der Waals surface area contributed by atoms with Gasteiger partial charge in [0.25, 0.3) is 0 Å². The minimum Gasteiger partial charge on any atom is -0.497 e. The Hall–Kier alpha value is -2.20. The lowest BCUT2D eigenvalue weighted by atomic mass is 10.0. The number of ether oxygens (including phenoxy) is 2. The van der Waals surface area contributed by atoms with Gasteiger partial charge in [-0.2, -0.15) is 0 Å². The average Bonchev–Trinajstić information content (AvgIpc) is 3.12. The summed E-state index contributed by atoms with van der Waals surface area (Å²) in [6.07, 6.45) is 2.19. The van der Waals surface area contributed by atoms with Gasteiger partial charge in [0.15, 0.2) is 0 Å². The summed E-state index contributed by atoms with van der Waals surface area (Å²) in [6.45, 7) is 0.744. The molecule has 0 bridgehead atoms. The molecule has 2 aromatic carbocycles. The first-order valence-corrected chi connectivity index (χ1v) is 8.76. The molecular weight excluding hydrogens is 338 g/mol. The SMILES string of the molecule is COc1ccc(OC)c(C2CCCN2C(=O)Cc2ccccc2Cl)c1. The van der Waals surface area contributed by atoms with Gasteiger partial charge in [-0.25, -0.2) is 0 Å². The van der Waals surface area contributed by atoms with E-state index in [0.717, 1.165) is 42.0 Å². The molecule has 25 heavy (non-hydrogen) atoms. The number of methoxy groups -OCH3 is 2. The summed E-state index contributed by atoms with van der Waals surface area (Å²) in [7, 11) is 3.29. The third-order valence-electron chi connectivity index (χ3n) is 4.67. The van der Waals surface area contributed by atoms with Crippen molar-refractivity contribution in [3.63, 3.8) is 0 Å². The number of halogens is 1. The van der Waals surface area contributed by atoms with E-state index < -0.39 is 0 Å². The van der Waals surface area contributed by atoms with Gasteiger partial charge in [0.05, 0.1) is 26.7 Å². The van der Waals surface area contributed by atoms with Crippen molar-refractivity contribution in [3.8, 4) is 11.5 Å². The number of hydrogen-bond donors (Lipinski definition) is 0. The molecule has 0 aromatic heterocycles. The van der Waals surface area contributed by atoms with Crippen LogP contribution >= 0.6 is 11.6 Å². The number of hydrogen-bond acceptors (Lipinski definition) is 3. The zero-order chi connectivity index (χ0) is 17.8. The van der Waals surface area contributed by atoms with E-state index in [0.29, 0.717) is 11.4 Å². The molecule has 1 aliphatic rings. The molecule has 0 spiro atoms. The van der Waals surface area contributed by atoms with Crippen LogP contribution in [0.5, 0.6) is 11.5 Å². The predicted molar refractivity (Wildman–Crippen MR) is 98.4 cm³/mol. The zero-order valence-electron chi connectivity index (χ0n) is 14.5. The van der Waals surface area contributed by atoms with E-state index in [1.54, 1.807) is 14.2 Å². The molecule has 4 nitrogen and oxygen atoms in total. The Morgan fingerprint density at radius 1 is 1.20 bits per heavy atom. The highest BCUT2D eigenvalue weighted by Crippen LogP contribution is 2.39. The standard InChI is InChI=1S/C20H22ClNO3/c1-24-15-9-10-19(25-2)16(13-15)18-8-5-11-22(18)20(23)12-14-6-3-4-7-17(14)21/h3-4,6-7,9-10,13,18H,5,8,11-12H2,1-2H3. The lowest BCUT2D eigenvalue weighted by molar-refractivity contribution is -0.131. The van der Waals surface area contributed by atoms with Crippen molar-refractivity contribution in [3.05, 3.63) is 58.6 Å². The van der Waals surface area contributed by atoms with E-state index in [2.05, 4.69) is 0 Å². The quantitative estimate of drug-likeness (QED) is 0.800. The highest BCUT2D eigenvalue weighted by Gasteiger charge is 2.32. The molecule has 0 saturated carbocycles. The molecule has 1 amide bonds. The Balaban J connectivity index is 1.85. The first-order valence-electron chi connectivity index (χ1n) is 8.39. The molecule has 1 atom stereocenters. The maximum absolute atomic E-state index is 12.9. The van der Waals surface area contributed by atoms with Crippen molar-refractivity contribution in [2.24, 2.45) is 0 Å². The van der Waals surface area contributed by atoms with Crippen LogP contribution < -0.4 is 9.47 Å². The van der Waals surface area contributed by atoms with Crippen LogP contribution in [0.25, 0.3) is 0 Å². The Labute approximate surface area is 153 Å². The maximum Gasteiger partial charge on any atom is 0.227 e. The molecule has 1 heterocycles. The summed E-state index contributed by atoms with van der Waals surface area (Å²) < 4.78 is 10.9. The summed E-state index contributed by atoms with van der Waals surface area (Å²) in [6, 6.07) is 13.2. The van der Waals surface area contributed by atoms with Crippen molar-refractivity contribution >= 4 is 17.5 Å². The minimum absolute atomic E-state index is 0.0000350. The van der Waals surface area contributed by atoms with E-state index in [9.17, 15) is 4.79 Å². The fourth-order valence-electron chi connectivity index (χ4n) is 3.39. The highest BCUT2D eigenvalue weighted by molar-refractivity contribution is 6.31. The largest absolute Gasteiger partial charge is 0.497 e. The van der Waals surface area contributed by atoms with Crippen LogP contribution in [0, 0.1) is 0 Å². The van der Waals surface area contributed by atoms with Gasteiger partial charge in [0, 0.05) is 17.1 Å². The zero-order valence-corrected chi connectivity index (χ0v) is 15.3. The third-order valence-corrected chi connectivity index (χ3v) is 5.04. The number of likely N-dealkylation sites (tertiary alicyclic amines) is 1. The molecule has 0 radical (unpaired) electrons. The second-order valence-corrected chi connectivity index (χ2v) is 6.53. The third kappa shape index (κ3) is 3.74. The van der Waals surface area contributed by atoms with Crippen molar-refractivity contribution in [2.75, 3.05) is 20.8 Å². The summed E-state index contributed by atoms with van der Waals surface area (Å²) >= 11 is 6.21. The smallest absolute Gasteiger partial charge is 0.227 e. The summed E-state index contributed by atoms with van der Waals surface area (Å²) in [5, 5.41) is 0.630.